The normalized spacial score (nSPS) is 14.8. The molecule has 0 saturated carbocycles. The van der Waals surface area contributed by atoms with Crippen LogP contribution in [0.1, 0.15) is 72.6 Å². The van der Waals surface area contributed by atoms with Crippen molar-refractivity contribution in [3.05, 3.63) is 34.9 Å². The Morgan fingerprint density at radius 1 is 0.926 bits per heavy atom. The van der Waals surface area contributed by atoms with Gasteiger partial charge >= 0.3 is 21.3 Å². The molecule has 0 aromatic heterocycles. The van der Waals surface area contributed by atoms with E-state index in [4.69, 9.17) is 0 Å². The second-order valence-corrected chi connectivity index (χ2v) is 11.7. The van der Waals surface area contributed by atoms with Crippen LogP contribution < -0.4 is 0 Å². The van der Waals surface area contributed by atoms with Gasteiger partial charge in [-0.05, 0) is 66.2 Å². The average molecular weight is 421 g/mol. The van der Waals surface area contributed by atoms with Crippen LogP contribution in [0.25, 0.3) is 0 Å². The lowest BCUT2D eigenvalue weighted by Gasteiger charge is -2.18. The van der Waals surface area contributed by atoms with Gasteiger partial charge in [-0.15, -0.1) is 0 Å². The summed E-state index contributed by atoms with van der Waals surface area (Å²) in [7, 11) is -8.98. The molecule has 156 valence electrons. The van der Waals surface area contributed by atoms with E-state index >= 15 is 0 Å². The molecule has 0 aliphatic rings. The summed E-state index contributed by atoms with van der Waals surface area (Å²) >= 11 is 0. The van der Waals surface area contributed by atoms with Crippen molar-refractivity contribution in [3.63, 3.8) is 0 Å². The Morgan fingerprint density at radius 2 is 1.41 bits per heavy atom. The number of allylic oxidation sites excluding steroid dienone is 6. The molecule has 0 fully saturated rings. The maximum atomic E-state index is 11.4. The van der Waals surface area contributed by atoms with Gasteiger partial charge in [-0.1, -0.05) is 34.9 Å². The SMILES string of the molecule is CC(C)=CCC/C(C)=C/CC/C(C)=C/CCCC(P(=O)(O)O)[P+](O)(O)C=O. The molecule has 0 radical (unpaired) electrons. The van der Waals surface area contributed by atoms with Crippen molar-refractivity contribution >= 4 is 21.3 Å². The van der Waals surface area contributed by atoms with Crippen LogP contribution in [0, 0.1) is 0 Å². The molecule has 0 bridgehead atoms. The Labute approximate surface area is 163 Å². The molecule has 0 aliphatic heterocycles. The summed E-state index contributed by atoms with van der Waals surface area (Å²) in [5.41, 5.74) is 3.88. The molecule has 0 aromatic rings. The molecule has 0 amide bonds. The minimum absolute atomic E-state index is 0.100. The molecule has 0 aliphatic carbocycles. The molecule has 1 unspecified atom stereocenters. The maximum absolute atomic E-state index is 11.4. The summed E-state index contributed by atoms with van der Waals surface area (Å²) in [4.78, 5) is 48.3. The number of unbranched alkanes of at least 4 members (excludes halogenated alkanes) is 1. The van der Waals surface area contributed by atoms with Gasteiger partial charge in [-0.25, -0.2) is 9.79 Å². The lowest BCUT2D eigenvalue weighted by molar-refractivity contribution is 0.356. The van der Waals surface area contributed by atoms with Gasteiger partial charge in [0.05, 0.1) is 0 Å². The molecule has 1 atom stereocenters. The third-order valence-corrected chi connectivity index (χ3v) is 8.67. The molecule has 27 heavy (non-hydrogen) atoms. The van der Waals surface area contributed by atoms with Crippen molar-refractivity contribution in [1.29, 1.82) is 0 Å². The summed E-state index contributed by atoms with van der Waals surface area (Å²) in [5, 5.41) is -1.69. The first-order valence-electron chi connectivity index (χ1n) is 9.20. The standard InChI is InChI=1S/C19H34O6P2/c1-16(2)9-7-11-18(4)13-8-12-17(3)10-5-6-14-19(27(23,24)25)26(21,22)15-20/h9-10,13,15,19,21-22H,5-8,11-12,14H2,1-4H3,(H-,23,24,25)/p+1/b17-10+,18-13+. The number of hydrogen-bond acceptors (Lipinski definition) is 4. The highest BCUT2D eigenvalue weighted by atomic mass is 31.3. The van der Waals surface area contributed by atoms with Crippen molar-refractivity contribution in [3.8, 4) is 0 Å². The fourth-order valence-corrected chi connectivity index (χ4v) is 5.79. The van der Waals surface area contributed by atoms with Crippen molar-refractivity contribution in [2.75, 3.05) is 0 Å². The van der Waals surface area contributed by atoms with Gasteiger partial charge in [0, 0.05) is 6.42 Å². The molecular weight excluding hydrogens is 386 g/mol. The molecule has 8 heteroatoms. The van der Waals surface area contributed by atoms with E-state index in [1.807, 2.05) is 13.0 Å². The molecule has 0 saturated heterocycles. The van der Waals surface area contributed by atoms with Gasteiger partial charge in [0.15, 0.2) is 0 Å². The van der Waals surface area contributed by atoms with Crippen LogP contribution in [-0.2, 0) is 9.36 Å². The Hall–Kier alpha value is -0.610. The summed E-state index contributed by atoms with van der Waals surface area (Å²) in [5.74, 6) is 0. The molecule has 0 heterocycles. The number of hydrogen-bond donors (Lipinski definition) is 4. The van der Waals surface area contributed by atoms with Crippen LogP contribution in [0.4, 0.5) is 0 Å². The molecule has 0 aromatic carbocycles. The maximum Gasteiger partial charge on any atom is 0.371 e. The minimum atomic E-state index is -4.74. The minimum Gasteiger partial charge on any atom is -0.322 e. The quantitative estimate of drug-likeness (QED) is 0.142. The largest absolute Gasteiger partial charge is 0.371 e. The van der Waals surface area contributed by atoms with Gasteiger partial charge in [0.1, 0.15) is 0 Å². The average Bonchev–Trinajstić information content (AvgIpc) is 2.52. The molecule has 6 nitrogen and oxygen atoms in total. The Kier molecular flexibility index (Phi) is 12.5. The summed E-state index contributed by atoms with van der Waals surface area (Å²) in [6.45, 7) is 8.33. The smallest absolute Gasteiger partial charge is 0.322 e. The van der Waals surface area contributed by atoms with Crippen LogP contribution in [0.2, 0.25) is 0 Å². The van der Waals surface area contributed by atoms with Crippen molar-refractivity contribution in [2.24, 2.45) is 0 Å². The van der Waals surface area contributed by atoms with Gasteiger partial charge in [-0.2, -0.15) is 0 Å². The molecule has 0 spiro atoms. The highest BCUT2D eigenvalue weighted by Crippen LogP contribution is 2.67. The van der Waals surface area contributed by atoms with Crippen molar-refractivity contribution in [2.45, 2.75) is 78.0 Å². The van der Waals surface area contributed by atoms with E-state index in [0.29, 0.717) is 12.8 Å². The highest BCUT2D eigenvalue weighted by Gasteiger charge is 2.54. The monoisotopic (exact) mass is 421 g/mol. The fourth-order valence-electron chi connectivity index (χ4n) is 2.64. The summed E-state index contributed by atoms with van der Waals surface area (Å²) in [6, 6.07) is -0.121. The Balaban J connectivity index is 4.37. The van der Waals surface area contributed by atoms with Crippen LogP contribution in [0.3, 0.4) is 0 Å². The van der Waals surface area contributed by atoms with E-state index in [1.165, 1.54) is 16.7 Å². The van der Waals surface area contributed by atoms with Crippen LogP contribution in [0.5, 0.6) is 0 Å². The first-order valence-corrected chi connectivity index (χ1v) is 12.7. The second-order valence-electron chi connectivity index (χ2n) is 7.27. The fraction of sp³-hybridized carbons (Fsp3) is 0.632. The van der Waals surface area contributed by atoms with E-state index in [1.54, 1.807) is 0 Å². The van der Waals surface area contributed by atoms with Crippen LogP contribution >= 0.6 is 15.3 Å². The van der Waals surface area contributed by atoms with Gasteiger partial charge < -0.3 is 9.79 Å². The molecule has 4 N–H and O–H groups in total. The lowest BCUT2D eigenvalue weighted by Crippen LogP contribution is -2.14. The highest BCUT2D eigenvalue weighted by molar-refractivity contribution is 7.87. The summed E-state index contributed by atoms with van der Waals surface area (Å²) in [6.07, 6.45) is 11.3. The third-order valence-electron chi connectivity index (χ3n) is 4.26. The lowest BCUT2D eigenvalue weighted by atomic mass is 10.1. The topological polar surface area (TPSA) is 115 Å². The number of carbonyl (C=O) groups excluding carboxylic acids is 1. The third kappa shape index (κ3) is 12.5. The van der Waals surface area contributed by atoms with E-state index < -0.39 is 20.7 Å². The first kappa shape index (κ1) is 26.4. The number of rotatable bonds is 13. The van der Waals surface area contributed by atoms with Crippen molar-refractivity contribution < 1.29 is 28.9 Å². The van der Waals surface area contributed by atoms with Gasteiger partial charge in [0.25, 0.3) is 0 Å². The predicted molar refractivity (Wildman–Crippen MR) is 113 cm³/mol. The van der Waals surface area contributed by atoms with Gasteiger partial charge in [-0.3, -0.25) is 9.36 Å². The van der Waals surface area contributed by atoms with Crippen molar-refractivity contribution in [1.82, 2.24) is 0 Å². The summed E-state index contributed by atoms with van der Waals surface area (Å²) < 4.78 is 11.4. The van der Waals surface area contributed by atoms with Gasteiger partial charge in [0.2, 0.25) is 5.40 Å². The Bertz CT molecular complexity index is 597. The van der Waals surface area contributed by atoms with E-state index in [9.17, 15) is 28.9 Å². The predicted octanol–water partition coefficient (Wildman–Crippen LogP) is 5.10. The second kappa shape index (κ2) is 12.8. The zero-order valence-electron chi connectivity index (χ0n) is 16.8. The number of carbonyl (C=O) groups is 1. The van der Waals surface area contributed by atoms with E-state index in [-0.39, 0.29) is 12.4 Å². The first-order chi connectivity index (χ1) is 12.4. The zero-order chi connectivity index (χ0) is 21.1. The zero-order valence-corrected chi connectivity index (χ0v) is 18.6. The van der Waals surface area contributed by atoms with E-state index in [2.05, 4.69) is 32.9 Å². The Morgan fingerprint density at radius 3 is 1.85 bits per heavy atom. The van der Waals surface area contributed by atoms with E-state index in [0.717, 1.165) is 25.7 Å². The van der Waals surface area contributed by atoms with Crippen LogP contribution in [-0.4, -0.2) is 31.0 Å². The van der Waals surface area contributed by atoms with Crippen LogP contribution in [0.15, 0.2) is 34.9 Å². The molecule has 0 rings (SSSR count). The molecular formula is C19H35O6P2+.